The van der Waals surface area contributed by atoms with Gasteiger partial charge in [0, 0.05) is 28.2 Å². The van der Waals surface area contributed by atoms with Gasteiger partial charge in [0.1, 0.15) is 0 Å². The second-order valence-corrected chi connectivity index (χ2v) is 12.4. The molecule has 0 aliphatic heterocycles. The second kappa shape index (κ2) is 11.9. The Labute approximate surface area is 245 Å². The van der Waals surface area contributed by atoms with Crippen molar-refractivity contribution in [1.29, 1.82) is 0 Å². The molecular formula is C30H30Cl2N4O3S. The Kier molecular flexibility index (Phi) is 8.73. The van der Waals surface area contributed by atoms with E-state index in [4.69, 9.17) is 23.2 Å². The summed E-state index contributed by atoms with van der Waals surface area (Å²) in [6.07, 6.45) is 2.78. The molecule has 0 atom stereocenters. The van der Waals surface area contributed by atoms with Crippen LogP contribution in [-0.2, 0) is 16.6 Å². The number of hydrazone groups is 1. The Hall–Kier alpha value is -3.59. The van der Waals surface area contributed by atoms with Gasteiger partial charge in [-0.3, -0.25) is 9.10 Å². The summed E-state index contributed by atoms with van der Waals surface area (Å²) in [6, 6.07) is 19.7. The standard InChI is InChI=1S/C30H30Cl2N4O3S/c1-19-6-11-26(14-20(19)2)35(40(5,38)39)18-23-7-9-24(10-8-23)30(37)34-33-17-25-15-21(3)36(22(25)4)27-12-13-28(31)29(32)16-27/h6-17H,18H2,1-5H3,(H,34,37)/b33-17+. The van der Waals surface area contributed by atoms with Crippen LogP contribution in [0.2, 0.25) is 10.0 Å². The first kappa shape index (κ1) is 29.4. The van der Waals surface area contributed by atoms with Crippen molar-refractivity contribution in [3.63, 3.8) is 0 Å². The van der Waals surface area contributed by atoms with Gasteiger partial charge in [-0.05, 0) is 92.9 Å². The highest BCUT2D eigenvalue weighted by Gasteiger charge is 2.19. The van der Waals surface area contributed by atoms with E-state index in [1.807, 2.05) is 56.5 Å². The number of aryl methyl sites for hydroxylation is 3. The molecule has 0 bridgehead atoms. The Balaban J connectivity index is 1.45. The van der Waals surface area contributed by atoms with Gasteiger partial charge in [0.25, 0.3) is 5.91 Å². The summed E-state index contributed by atoms with van der Waals surface area (Å²) < 4.78 is 28.4. The lowest BCUT2D eigenvalue weighted by atomic mass is 10.1. The molecule has 0 fully saturated rings. The van der Waals surface area contributed by atoms with E-state index in [0.29, 0.717) is 21.3 Å². The fourth-order valence-corrected chi connectivity index (χ4v) is 5.55. The number of carbonyl (C=O) groups is 1. The van der Waals surface area contributed by atoms with Gasteiger partial charge in [0.05, 0.1) is 34.7 Å². The Bertz CT molecular complexity index is 1710. The van der Waals surface area contributed by atoms with Gasteiger partial charge in [0.2, 0.25) is 10.0 Å². The van der Waals surface area contributed by atoms with Gasteiger partial charge < -0.3 is 4.57 Å². The summed E-state index contributed by atoms with van der Waals surface area (Å²) in [4.78, 5) is 12.7. The van der Waals surface area contributed by atoms with Gasteiger partial charge in [-0.25, -0.2) is 13.8 Å². The number of benzene rings is 3. The molecule has 0 radical (unpaired) electrons. The number of hydrogen-bond donors (Lipinski definition) is 1. The van der Waals surface area contributed by atoms with Crippen LogP contribution in [0.3, 0.4) is 0 Å². The van der Waals surface area contributed by atoms with E-state index in [0.717, 1.165) is 39.3 Å². The predicted octanol–water partition coefficient (Wildman–Crippen LogP) is 6.75. The Morgan fingerprint density at radius 3 is 2.25 bits per heavy atom. The van der Waals surface area contributed by atoms with E-state index in [2.05, 4.69) is 10.5 Å². The maximum Gasteiger partial charge on any atom is 0.271 e. The van der Waals surface area contributed by atoms with Crippen LogP contribution >= 0.6 is 23.2 Å². The lowest BCUT2D eigenvalue weighted by Gasteiger charge is -2.23. The van der Waals surface area contributed by atoms with Crippen LogP contribution in [0.15, 0.2) is 71.8 Å². The van der Waals surface area contributed by atoms with Crippen molar-refractivity contribution in [2.45, 2.75) is 34.2 Å². The highest BCUT2D eigenvalue weighted by atomic mass is 35.5. The Morgan fingerprint density at radius 2 is 1.62 bits per heavy atom. The van der Waals surface area contributed by atoms with Crippen LogP contribution < -0.4 is 9.73 Å². The summed E-state index contributed by atoms with van der Waals surface area (Å²) in [5.74, 6) is -0.379. The van der Waals surface area contributed by atoms with Crippen LogP contribution in [0.5, 0.6) is 0 Å². The monoisotopic (exact) mass is 596 g/mol. The molecule has 1 amide bonds. The first-order valence-electron chi connectivity index (χ1n) is 12.5. The smallest absolute Gasteiger partial charge is 0.271 e. The molecule has 1 aromatic heterocycles. The number of aromatic nitrogens is 1. The molecule has 0 aliphatic carbocycles. The average molecular weight is 598 g/mol. The topological polar surface area (TPSA) is 83.8 Å². The number of anilines is 1. The molecule has 0 saturated heterocycles. The quantitative estimate of drug-likeness (QED) is 0.180. The van der Waals surface area contributed by atoms with E-state index in [9.17, 15) is 13.2 Å². The van der Waals surface area contributed by atoms with Crippen molar-refractivity contribution in [3.8, 4) is 5.69 Å². The van der Waals surface area contributed by atoms with Crippen molar-refractivity contribution < 1.29 is 13.2 Å². The molecule has 4 rings (SSSR count). The summed E-state index contributed by atoms with van der Waals surface area (Å²) in [5, 5.41) is 5.10. The van der Waals surface area contributed by atoms with E-state index >= 15 is 0 Å². The maximum atomic E-state index is 12.7. The van der Waals surface area contributed by atoms with Crippen molar-refractivity contribution in [3.05, 3.63) is 116 Å². The van der Waals surface area contributed by atoms with Gasteiger partial charge in [-0.2, -0.15) is 5.10 Å². The van der Waals surface area contributed by atoms with Gasteiger partial charge in [0.15, 0.2) is 0 Å². The van der Waals surface area contributed by atoms with E-state index < -0.39 is 10.0 Å². The normalized spacial score (nSPS) is 11.7. The number of halogens is 2. The number of nitrogens with zero attached hydrogens (tertiary/aromatic N) is 3. The lowest BCUT2D eigenvalue weighted by Crippen LogP contribution is -2.29. The second-order valence-electron chi connectivity index (χ2n) is 9.69. The molecular weight excluding hydrogens is 567 g/mol. The Morgan fingerprint density at radius 1 is 0.925 bits per heavy atom. The predicted molar refractivity (Wildman–Crippen MR) is 164 cm³/mol. The van der Waals surface area contributed by atoms with E-state index in [-0.39, 0.29) is 12.5 Å². The summed E-state index contributed by atoms with van der Waals surface area (Å²) in [6.45, 7) is 8.00. The number of sulfonamides is 1. The fraction of sp³-hybridized carbons (Fsp3) is 0.200. The van der Waals surface area contributed by atoms with Gasteiger partial charge >= 0.3 is 0 Å². The van der Waals surface area contributed by atoms with Gasteiger partial charge in [-0.1, -0.05) is 41.4 Å². The number of rotatable bonds is 8. The first-order chi connectivity index (χ1) is 18.8. The van der Waals surface area contributed by atoms with Crippen LogP contribution in [-0.4, -0.2) is 31.4 Å². The fourth-order valence-electron chi connectivity index (χ4n) is 4.37. The third kappa shape index (κ3) is 6.58. The molecule has 0 spiro atoms. The molecule has 40 heavy (non-hydrogen) atoms. The number of hydrogen-bond acceptors (Lipinski definition) is 4. The van der Waals surface area contributed by atoms with Crippen LogP contribution in [0.4, 0.5) is 5.69 Å². The SMILES string of the molecule is Cc1ccc(N(Cc2ccc(C(=O)N/N=C/c3cc(C)n(-c4ccc(Cl)c(Cl)c4)c3C)cc2)S(C)(=O)=O)cc1C. The maximum absolute atomic E-state index is 12.7. The molecule has 0 aliphatic rings. The van der Waals surface area contributed by atoms with Crippen molar-refractivity contribution in [1.82, 2.24) is 9.99 Å². The van der Waals surface area contributed by atoms with E-state index in [1.54, 1.807) is 48.7 Å². The third-order valence-corrected chi connectivity index (χ3v) is 8.60. The van der Waals surface area contributed by atoms with Crippen LogP contribution in [0.1, 0.15) is 44.0 Å². The largest absolute Gasteiger partial charge is 0.318 e. The zero-order valence-corrected chi connectivity index (χ0v) is 25.2. The number of amides is 1. The zero-order valence-electron chi connectivity index (χ0n) is 22.9. The molecule has 4 aromatic rings. The lowest BCUT2D eigenvalue weighted by molar-refractivity contribution is 0.0955. The summed E-state index contributed by atoms with van der Waals surface area (Å²) in [5.41, 5.74) is 10.0. The van der Waals surface area contributed by atoms with E-state index in [1.165, 1.54) is 10.6 Å². The highest BCUT2D eigenvalue weighted by molar-refractivity contribution is 7.92. The van der Waals surface area contributed by atoms with Crippen molar-refractivity contribution in [2.75, 3.05) is 10.6 Å². The summed E-state index contributed by atoms with van der Waals surface area (Å²) in [7, 11) is -3.52. The third-order valence-electron chi connectivity index (χ3n) is 6.72. The molecule has 10 heteroatoms. The number of nitrogens with one attached hydrogen (secondary N) is 1. The minimum atomic E-state index is -3.52. The molecule has 3 aromatic carbocycles. The highest BCUT2D eigenvalue weighted by Crippen LogP contribution is 2.27. The molecule has 1 N–H and O–H groups in total. The number of carbonyl (C=O) groups excluding carboxylic acids is 1. The molecule has 0 saturated carbocycles. The molecule has 1 heterocycles. The summed E-state index contributed by atoms with van der Waals surface area (Å²) >= 11 is 12.3. The molecule has 7 nitrogen and oxygen atoms in total. The minimum absolute atomic E-state index is 0.149. The van der Waals surface area contributed by atoms with Crippen LogP contribution in [0, 0.1) is 27.7 Å². The minimum Gasteiger partial charge on any atom is -0.318 e. The first-order valence-corrected chi connectivity index (χ1v) is 15.1. The molecule has 0 unspecified atom stereocenters. The zero-order chi connectivity index (χ0) is 29.2. The van der Waals surface area contributed by atoms with Crippen molar-refractivity contribution in [2.24, 2.45) is 5.10 Å². The average Bonchev–Trinajstić information content (AvgIpc) is 3.18. The van der Waals surface area contributed by atoms with Crippen molar-refractivity contribution >= 4 is 51.0 Å². The van der Waals surface area contributed by atoms with Gasteiger partial charge in [-0.15, -0.1) is 0 Å². The van der Waals surface area contributed by atoms with Crippen LogP contribution in [0.25, 0.3) is 5.69 Å². The molecule has 208 valence electrons.